The molecule has 122 valence electrons. The highest BCUT2D eigenvalue weighted by atomic mass is 16.3. The minimum Gasteiger partial charge on any atom is -0.387 e. The van der Waals surface area contributed by atoms with Crippen LogP contribution in [0.2, 0.25) is 0 Å². The molecule has 1 aliphatic rings. The van der Waals surface area contributed by atoms with E-state index in [1.54, 1.807) is 0 Å². The summed E-state index contributed by atoms with van der Waals surface area (Å²) in [6.45, 7) is 8.06. The quantitative estimate of drug-likeness (QED) is 0.690. The summed E-state index contributed by atoms with van der Waals surface area (Å²) in [6, 6.07) is 5.65. The number of nitrogens with one attached hydrogen (secondary N) is 3. The van der Waals surface area contributed by atoms with E-state index >= 15 is 0 Å². The molecule has 1 fully saturated rings. The normalized spacial score (nSPS) is 21.7. The highest BCUT2D eigenvalue weighted by molar-refractivity contribution is 5.89. The van der Waals surface area contributed by atoms with Gasteiger partial charge in [-0.25, -0.2) is 4.79 Å². The van der Waals surface area contributed by atoms with E-state index in [0.717, 1.165) is 18.7 Å². The smallest absolute Gasteiger partial charge is 0.319 e. The Morgan fingerprint density at radius 1 is 1.45 bits per heavy atom. The van der Waals surface area contributed by atoms with E-state index in [1.807, 2.05) is 18.2 Å². The summed E-state index contributed by atoms with van der Waals surface area (Å²) in [5.74, 6) is 0.416. The van der Waals surface area contributed by atoms with Crippen molar-refractivity contribution in [1.29, 1.82) is 0 Å². The third-order valence-electron chi connectivity index (χ3n) is 4.19. The molecule has 0 aliphatic carbocycles. The Labute approximate surface area is 132 Å². The molecule has 22 heavy (non-hydrogen) atoms. The molecule has 0 spiro atoms. The lowest BCUT2D eigenvalue weighted by Crippen LogP contribution is -2.53. The lowest BCUT2D eigenvalue weighted by molar-refractivity contribution is 0.0198. The lowest BCUT2D eigenvalue weighted by Gasteiger charge is -2.32. The molecule has 2 rings (SSSR count). The molecular weight excluding hydrogens is 278 g/mol. The summed E-state index contributed by atoms with van der Waals surface area (Å²) in [7, 11) is 0. The summed E-state index contributed by atoms with van der Waals surface area (Å²) in [5, 5.41) is 19.1. The van der Waals surface area contributed by atoms with Gasteiger partial charge >= 0.3 is 6.03 Å². The molecule has 1 heterocycles. The zero-order valence-corrected chi connectivity index (χ0v) is 13.7. The molecular formula is C17H27N3O2. The van der Waals surface area contributed by atoms with Gasteiger partial charge in [-0.1, -0.05) is 19.9 Å². The molecule has 5 nitrogen and oxygen atoms in total. The van der Waals surface area contributed by atoms with Crippen molar-refractivity contribution in [3.05, 3.63) is 29.3 Å². The van der Waals surface area contributed by atoms with E-state index in [1.165, 1.54) is 11.1 Å². The number of urea groups is 1. The fourth-order valence-electron chi connectivity index (χ4n) is 2.86. The minimum atomic E-state index is -0.841. The van der Waals surface area contributed by atoms with Gasteiger partial charge in [0.05, 0.1) is 5.60 Å². The molecule has 1 saturated heterocycles. The van der Waals surface area contributed by atoms with E-state index in [2.05, 4.69) is 36.7 Å². The first-order valence-electron chi connectivity index (χ1n) is 7.98. The van der Waals surface area contributed by atoms with Gasteiger partial charge < -0.3 is 21.1 Å². The van der Waals surface area contributed by atoms with Crippen LogP contribution in [-0.4, -0.2) is 36.4 Å². The summed E-state index contributed by atoms with van der Waals surface area (Å²) in [4.78, 5) is 12.0. The van der Waals surface area contributed by atoms with Crippen molar-refractivity contribution in [3.63, 3.8) is 0 Å². The van der Waals surface area contributed by atoms with E-state index in [-0.39, 0.29) is 12.6 Å². The van der Waals surface area contributed by atoms with Gasteiger partial charge in [0.1, 0.15) is 0 Å². The summed E-state index contributed by atoms with van der Waals surface area (Å²) >= 11 is 0. The average molecular weight is 305 g/mol. The summed E-state index contributed by atoms with van der Waals surface area (Å²) in [5.41, 5.74) is 2.39. The second-order valence-electron chi connectivity index (χ2n) is 6.54. The number of β-amino-alcohol motifs (C(OH)–C–C–N with tert-alkyl or cyclic N) is 1. The molecule has 4 N–H and O–H groups in total. The molecule has 2 amide bonds. The second-order valence-corrected chi connectivity index (χ2v) is 6.54. The number of aliphatic hydroxyl groups is 1. The Hall–Kier alpha value is -1.59. The van der Waals surface area contributed by atoms with E-state index in [4.69, 9.17) is 0 Å². The Morgan fingerprint density at radius 2 is 2.23 bits per heavy atom. The fourth-order valence-corrected chi connectivity index (χ4v) is 2.86. The van der Waals surface area contributed by atoms with Crippen LogP contribution in [0.4, 0.5) is 10.5 Å². The van der Waals surface area contributed by atoms with Crippen molar-refractivity contribution >= 4 is 11.7 Å². The zero-order chi connectivity index (χ0) is 16.2. The SMILES string of the molecule is Cc1ccc(NC(=O)NCC2(O)CCCNC2)cc1C(C)C. The fraction of sp³-hybridized carbons (Fsp3) is 0.588. The van der Waals surface area contributed by atoms with E-state index in [9.17, 15) is 9.90 Å². The van der Waals surface area contributed by atoms with E-state index < -0.39 is 5.60 Å². The first-order chi connectivity index (χ1) is 10.4. The molecule has 1 aromatic rings. The molecule has 1 unspecified atom stereocenters. The predicted octanol–water partition coefficient (Wildman–Crippen LogP) is 2.35. The molecule has 0 radical (unpaired) electrons. The molecule has 0 saturated carbocycles. The Kier molecular flexibility index (Phi) is 5.42. The number of rotatable bonds is 4. The molecule has 1 atom stereocenters. The number of aryl methyl sites for hydroxylation is 1. The Morgan fingerprint density at radius 3 is 2.86 bits per heavy atom. The van der Waals surface area contributed by atoms with Crippen molar-refractivity contribution in [1.82, 2.24) is 10.6 Å². The predicted molar refractivity (Wildman–Crippen MR) is 89.3 cm³/mol. The standard InChI is InChI=1S/C17H27N3O2/c1-12(2)15-9-14(6-5-13(15)3)20-16(21)19-11-17(22)7-4-8-18-10-17/h5-6,9,12,18,22H,4,7-8,10-11H2,1-3H3,(H2,19,20,21). The third-order valence-corrected chi connectivity index (χ3v) is 4.19. The monoisotopic (exact) mass is 305 g/mol. The van der Waals surface area contributed by atoms with Gasteiger partial charge in [0, 0.05) is 18.8 Å². The number of carbonyl (C=O) groups is 1. The van der Waals surface area contributed by atoms with Crippen LogP contribution < -0.4 is 16.0 Å². The Balaban J connectivity index is 1.90. The maximum absolute atomic E-state index is 12.0. The van der Waals surface area contributed by atoms with Crippen molar-refractivity contribution in [3.8, 4) is 0 Å². The second kappa shape index (κ2) is 7.11. The van der Waals surface area contributed by atoms with Crippen LogP contribution in [0, 0.1) is 6.92 Å². The van der Waals surface area contributed by atoms with Gasteiger partial charge in [-0.15, -0.1) is 0 Å². The van der Waals surface area contributed by atoms with Crippen molar-refractivity contribution in [2.24, 2.45) is 0 Å². The molecule has 1 aromatic carbocycles. The van der Waals surface area contributed by atoms with Crippen molar-refractivity contribution < 1.29 is 9.90 Å². The van der Waals surface area contributed by atoms with Crippen LogP contribution in [0.5, 0.6) is 0 Å². The number of benzene rings is 1. The number of carbonyl (C=O) groups excluding carboxylic acids is 1. The zero-order valence-electron chi connectivity index (χ0n) is 13.7. The first kappa shape index (κ1) is 16.8. The molecule has 0 aromatic heterocycles. The van der Waals surface area contributed by atoms with Gasteiger partial charge in [-0.3, -0.25) is 0 Å². The number of hydrogen-bond acceptors (Lipinski definition) is 3. The van der Waals surface area contributed by atoms with Crippen molar-refractivity contribution in [2.45, 2.75) is 45.1 Å². The molecule has 1 aliphatic heterocycles. The topological polar surface area (TPSA) is 73.4 Å². The highest BCUT2D eigenvalue weighted by Gasteiger charge is 2.29. The largest absolute Gasteiger partial charge is 0.387 e. The van der Waals surface area contributed by atoms with Gasteiger partial charge in [0.15, 0.2) is 0 Å². The minimum absolute atomic E-state index is 0.259. The number of anilines is 1. The first-order valence-corrected chi connectivity index (χ1v) is 7.98. The highest BCUT2D eigenvalue weighted by Crippen LogP contribution is 2.22. The molecule has 0 bridgehead atoms. The van der Waals surface area contributed by atoms with Crippen molar-refractivity contribution in [2.75, 3.05) is 25.0 Å². The van der Waals surface area contributed by atoms with Crippen LogP contribution in [0.25, 0.3) is 0 Å². The van der Waals surface area contributed by atoms with Gasteiger partial charge in [-0.2, -0.15) is 0 Å². The van der Waals surface area contributed by atoms with Gasteiger partial charge in [0.2, 0.25) is 0 Å². The third kappa shape index (κ3) is 4.45. The van der Waals surface area contributed by atoms with Crippen LogP contribution in [0.1, 0.15) is 43.7 Å². The Bertz CT molecular complexity index is 523. The maximum Gasteiger partial charge on any atom is 0.319 e. The van der Waals surface area contributed by atoms with Crippen LogP contribution >= 0.6 is 0 Å². The average Bonchev–Trinajstić information content (AvgIpc) is 2.48. The summed E-state index contributed by atoms with van der Waals surface area (Å²) in [6.07, 6.45) is 1.64. The van der Waals surface area contributed by atoms with Crippen LogP contribution in [0.3, 0.4) is 0 Å². The molecule has 5 heteroatoms. The number of hydrogen-bond donors (Lipinski definition) is 4. The van der Waals surface area contributed by atoms with Crippen LogP contribution in [0.15, 0.2) is 18.2 Å². The van der Waals surface area contributed by atoms with E-state index in [0.29, 0.717) is 18.9 Å². The maximum atomic E-state index is 12.0. The number of piperidine rings is 1. The van der Waals surface area contributed by atoms with Gasteiger partial charge in [0.25, 0.3) is 0 Å². The number of amides is 2. The lowest BCUT2D eigenvalue weighted by atomic mass is 9.94. The van der Waals surface area contributed by atoms with Crippen LogP contribution in [-0.2, 0) is 0 Å². The summed E-state index contributed by atoms with van der Waals surface area (Å²) < 4.78 is 0. The van der Waals surface area contributed by atoms with Gasteiger partial charge in [-0.05, 0) is 55.5 Å².